The van der Waals surface area contributed by atoms with E-state index in [1.165, 1.54) is 12.5 Å². The molecular weight excluding hydrogens is 186 g/mol. The minimum Gasteiger partial charge on any atom is -0.431 e. The Kier molecular flexibility index (Phi) is 1.22. The van der Waals surface area contributed by atoms with Crippen LogP contribution in [0.15, 0.2) is 16.9 Å². The van der Waals surface area contributed by atoms with Gasteiger partial charge >= 0.3 is 6.01 Å². The van der Waals surface area contributed by atoms with Crippen molar-refractivity contribution in [3.63, 3.8) is 0 Å². The second-order valence-electron chi connectivity index (χ2n) is 3.46. The summed E-state index contributed by atoms with van der Waals surface area (Å²) in [4.78, 5) is 27.9. The van der Waals surface area contributed by atoms with Crippen LogP contribution < -0.4 is 10.6 Å². The molecule has 1 aromatic heterocycles. The largest absolute Gasteiger partial charge is 0.431 e. The van der Waals surface area contributed by atoms with E-state index in [0.717, 1.165) is 4.90 Å². The Morgan fingerprint density at radius 2 is 2.00 bits per heavy atom. The van der Waals surface area contributed by atoms with Crippen molar-refractivity contribution in [2.45, 2.75) is 6.04 Å². The lowest BCUT2D eigenvalue weighted by molar-refractivity contribution is -0.124. The van der Waals surface area contributed by atoms with Crippen molar-refractivity contribution in [3.8, 4) is 0 Å². The van der Waals surface area contributed by atoms with Crippen molar-refractivity contribution in [2.24, 2.45) is 17.6 Å². The highest BCUT2D eigenvalue weighted by Gasteiger charge is 2.67. The number of amides is 2. The molecule has 2 N–H and O–H groups in total. The standard InChI is InChI=1S/C8H7N3O3/c9-5-3-4(5)7(13)11(6(3)12)8-10-1-2-14-8/h1-5H,9H2. The maximum Gasteiger partial charge on any atom is 0.311 e. The van der Waals surface area contributed by atoms with Gasteiger partial charge in [0.25, 0.3) is 0 Å². The van der Waals surface area contributed by atoms with Gasteiger partial charge in [-0.25, -0.2) is 9.88 Å². The number of hydrogen-bond donors (Lipinski definition) is 1. The molecule has 1 aromatic rings. The first kappa shape index (κ1) is 7.69. The molecular formula is C8H7N3O3. The Bertz CT molecular complexity index is 391. The minimum absolute atomic E-state index is 0.0411. The molecule has 1 aliphatic carbocycles. The smallest absolute Gasteiger partial charge is 0.311 e. The van der Waals surface area contributed by atoms with E-state index in [1.54, 1.807) is 0 Å². The molecule has 0 radical (unpaired) electrons. The van der Waals surface area contributed by atoms with Gasteiger partial charge in [-0.05, 0) is 0 Å². The number of imide groups is 1. The fraction of sp³-hybridized carbons (Fsp3) is 0.375. The van der Waals surface area contributed by atoms with Gasteiger partial charge in [-0.15, -0.1) is 0 Å². The van der Waals surface area contributed by atoms with Crippen molar-refractivity contribution in [1.82, 2.24) is 4.98 Å². The molecule has 0 aromatic carbocycles. The third kappa shape index (κ3) is 0.717. The monoisotopic (exact) mass is 193 g/mol. The summed E-state index contributed by atoms with van der Waals surface area (Å²) >= 11 is 0. The van der Waals surface area contributed by atoms with Crippen LogP contribution in [0.4, 0.5) is 6.01 Å². The number of nitrogens with zero attached hydrogens (tertiary/aromatic N) is 2. The first-order valence-electron chi connectivity index (χ1n) is 4.24. The zero-order valence-electron chi connectivity index (χ0n) is 7.08. The second-order valence-corrected chi connectivity index (χ2v) is 3.46. The van der Waals surface area contributed by atoms with Crippen LogP contribution in [0.25, 0.3) is 0 Å². The maximum absolute atomic E-state index is 11.6. The second kappa shape index (κ2) is 2.21. The quantitative estimate of drug-likeness (QED) is 0.585. The average Bonchev–Trinajstić information content (AvgIpc) is 2.55. The van der Waals surface area contributed by atoms with Crippen LogP contribution in [-0.4, -0.2) is 22.8 Å². The normalized spacial score (nSPS) is 34.9. The van der Waals surface area contributed by atoms with Crippen LogP contribution in [0.5, 0.6) is 0 Å². The van der Waals surface area contributed by atoms with Crippen LogP contribution in [0.1, 0.15) is 0 Å². The maximum atomic E-state index is 11.6. The van der Waals surface area contributed by atoms with Gasteiger partial charge in [0.1, 0.15) is 6.26 Å². The van der Waals surface area contributed by atoms with E-state index in [-0.39, 0.29) is 35.7 Å². The Morgan fingerprint density at radius 3 is 2.50 bits per heavy atom. The molecule has 3 rings (SSSR count). The molecule has 1 saturated heterocycles. The third-order valence-electron chi connectivity index (χ3n) is 2.70. The van der Waals surface area contributed by atoms with Crippen molar-refractivity contribution in [3.05, 3.63) is 12.5 Å². The van der Waals surface area contributed by atoms with Crippen molar-refractivity contribution in [2.75, 3.05) is 4.90 Å². The Balaban J connectivity index is 1.98. The van der Waals surface area contributed by atoms with Gasteiger partial charge in [0.05, 0.1) is 18.0 Å². The van der Waals surface area contributed by atoms with Crippen LogP contribution in [0, 0.1) is 11.8 Å². The predicted octanol–water partition coefficient (Wildman–Crippen LogP) is -0.879. The molecule has 2 aliphatic rings. The molecule has 2 atom stereocenters. The number of carbonyl (C=O) groups is 2. The van der Waals surface area contributed by atoms with Crippen LogP contribution >= 0.6 is 0 Å². The summed E-state index contributed by atoms with van der Waals surface area (Å²) in [5, 5.41) is 0. The van der Waals surface area contributed by atoms with Gasteiger partial charge in [-0.3, -0.25) is 9.59 Å². The van der Waals surface area contributed by atoms with Gasteiger partial charge in [-0.2, -0.15) is 0 Å². The Morgan fingerprint density at radius 1 is 1.36 bits per heavy atom. The topological polar surface area (TPSA) is 89.4 Å². The Hall–Kier alpha value is -1.69. The van der Waals surface area contributed by atoms with E-state index in [0.29, 0.717) is 0 Å². The molecule has 1 saturated carbocycles. The third-order valence-corrected chi connectivity index (χ3v) is 2.70. The fourth-order valence-corrected chi connectivity index (χ4v) is 1.89. The van der Waals surface area contributed by atoms with Crippen molar-refractivity contribution < 1.29 is 14.0 Å². The summed E-state index contributed by atoms with van der Waals surface area (Å²) in [5.41, 5.74) is 5.55. The molecule has 6 heteroatoms. The predicted molar refractivity (Wildman–Crippen MR) is 44.0 cm³/mol. The highest BCUT2D eigenvalue weighted by molar-refractivity contribution is 6.24. The minimum atomic E-state index is -0.352. The highest BCUT2D eigenvalue weighted by atomic mass is 16.4. The first-order valence-corrected chi connectivity index (χ1v) is 4.24. The zero-order valence-corrected chi connectivity index (χ0v) is 7.08. The molecule has 14 heavy (non-hydrogen) atoms. The molecule has 2 unspecified atom stereocenters. The fourth-order valence-electron chi connectivity index (χ4n) is 1.89. The van der Waals surface area contributed by atoms with Crippen molar-refractivity contribution in [1.29, 1.82) is 0 Å². The molecule has 2 fully saturated rings. The molecule has 0 bridgehead atoms. The summed E-state index contributed by atoms with van der Waals surface area (Å²) in [7, 11) is 0. The van der Waals surface area contributed by atoms with Gasteiger partial charge in [-0.1, -0.05) is 0 Å². The van der Waals surface area contributed by atoms with Gasteiger partial charge in [0.2, 0.25) is 11.8 Å². The number of nitrogens with two attached hydrogens (primary N) is 1. The van der Waals surface area contributed by atoms with Crippen LogP contribution in [-0.2, 0) is 9.59 Å². The highest BCUT2D eigenvalue weighted by Crippen LogP contribution is 2.46. The van der Waals surface area contributed by atoms with E-state index in [1.807, 2.05) is 0 Å². The summed E-state index contributed by atoms with van der Waals surface area (Å²) in [5.74, 6) is -1.30. The number of carbonyl (C=O) groups excluding carboxylic acids is 2. The molecule has 2 amide bonds. The van der Waals surface area contributed by atoms with E-state index < -0.39 is 0 Å². The summed E-state index contributed by atoms with van der Waals surface area (Å²) in [6, 6.07) is -0.263. The summed E-state index contributed by atoms with van der Waals surface area (Å²) < 4.78 is 4.89. The summed E-state index contributed by atoms with van der Waals surface area (Å²) in [6.45, 7) is 0. The zero-order chi connectivity index (χ0) is 9.87. The van der Waals surface area contributed by atoms with Crippen LogP contribution in [0.3, 0.4) is 0 Å². The van der Waals surface area contributed by atoms with E-state index in [9.17, 15) is 9.59 Å². The summed E-state index contributed by atoms with van der Waals surface area (Å²) in [6.07, 6.45) is 2.71. The molecule has 0 spiro atoms. The molecule has 72 valence electrons. The van der Waals surface area contributed by atoms with E-state index in [2.05, 4.69) is 4.98 Å². The number of rotatable bonds is 1. The first-order chi connectivity index (χ1) is 6.72. The van der Waals surface area contributed by atoms with E-state index >= 15 is 0 Å². The average molecular weight is 193 g/mol. The van der Waals surface area contributed by atoms with E-state index in [4.69, 9.17) is 10.2 Å². The lowest BCUT2D eigenvalue weighted by atomic mass is 10.4. The number of fused-ring (bicyclic) bond motifs is 1. The van der Waals surface area contributed by atoms with Crippen molar-refractivity contribution >= 4 is 17.8 Å². The SMILES string of the molecule is NC1C2C(=O)N(c3ncco3)C(=O)C12. The van der Waals surface area contributed by atoms with Gasteiger partial charge in [0.15, 0.2) is 0 Å². The number of anilines is 1. The number of piperidine rings is 1. The van der Waals surface area contributed by atoms with Gasteiger partial charge < -0.3 is 10.2 Å². The van der Waals surface area contributed by atoms with Gasteiger partial charge in [0, 0.05) is 6.04 Å². The number of hydrogen-bond acceptors (Lipinski definition) is 5. The molecule has 6 nitrogen and oxygen atoms in total. The Labute approximate surface area is 78.7 Å². The number of aromatic nitrogens is 1. The van der Waals surface area contributed by atoms with Crippen LogP contribution in [0.2, 0.25) is 0 Å². The lowest BCUT2D eigenvalue weighted by Crippen LogP contribution is -2.37. The lowest BCUT2D eigenvalue weighted by Gasteiger charge is -2.11. The molecule has 1 aliphatic heterocycles. The molecule has 2 heterocycles. The number of oxazole rings is 1.